The van der Waals surface area contributed by atoms with E-state index in [2.05, 4.69) is 39.0 Å². The molecule has 1 N–H and O–H groups in total. The van der Waals surface area contributed by atoms with E-state index >= 15 is 0 Å². The van der Waals surface area contributed by atoms with Gasteiger partial charge in [-0.05, 0) is 50.1 Å². The maximum absolute atomic E-state index is 11.3. The first kappa shape index (κ1) is 13.4. The number of hydrogen-bond acceptors (Lipinski definition) is 1. The molecule has 0 saturated heterocycles. The van der Waals surface area contributed by atoms with Crippen molar-refractivity contribution in [3.63, 3.8) is 0 Å². The normalized spacial score (nSPS) is 10.7. The Labute approximate surface area is 113 Å². The zero-order chi connectivity index (χ0) is 14.0. The highest BCUT2D eigenvalue weighted by Gasteiger charge is 2.14. The number of hydrogen-bond donors (Lipinski definition) is 1. The quantitative estimate of drug-likeness (QED) is 0.903. The molecule has 0 fully saturated rings. The number of aryl methyl sites for hydroxylation is 2. The molecule has 0 radical (unpaired) electrons. The van der Waals surface area contributed by atoms with Gasteiger partial charge in [-0.15, -0.1) is 0 Å². The molecule has 19 heavy (non-hydrogen) atoms. The van der Waals surface area contributed by atoms with Gasteiger partial charge < -0.3 is 9.67 Å². The van der Waals surface area contributed by atoms with Crippen molar-refractivity contribution in [2.45, 2.75) is 33.7 Å². The van der Waals surface area contributed by atoms with E-state index in [1.54, 1.807) is 6.07 Å². The van der Waals surface area contributed by atoms with Crippen LogP contribution in [-0.2, 0) is 6.54 Å². The summed E-state index contributed by atoms with van der Waals surface area (Å²) in [6.07, 6.45) is 0.909. The van der Waals surface area contributed by atoms with Gasteiger partial charge >= 0.3 is 5.97 Å². The second kappa shape index (κ2) is 5.31. The predicted molar refractivity (Wildman–Crippen MR) is 76.6 cm³/mol. The Hall–Kier alpha value is -2.03. The first-order chi connectivity index (χ1) is 9.02. The minimum Gasteiger partial charge on any atom is -0.477 e. The molecule has 2 rings (SSSR count). The summed E-state index contributed by atoms with van der Waals surface area (Å²) in [5, 5.41) is 9.24. The number of rotatable bonds is 4. The highest BCUT2D eigenvalue weighted by molar-refractivity contribution is 5.87. The fourth-order valence-electron chi connectivity index (χ4n) is 2.49. The molecule has 0 amide bonds. The molecule has 1 heterocycles. The molecule has 0 saturated carbocycles. The number of aromatic nitrogens is 1. The molecule has 0 spiro atoms. The highest BCUT2D eigenvalue weighted by atomic mass is 16.4. The molecule has 0 unspecified atom stereocenters. The van der Waals surface area contributed by atoms with Crippen LogP contribution < -0.4 is 0 Å². The number of benzene rings is 1. The van der Waals surface area contributed by atoms with E-state index < -0.39 is 5.97 Å². The van der Waals surface area contributed by atoms with Crippen molar-refractivity contribution in [2.24, 2.45) is 0 Å². The second-order valence-corrected chi connectivity index (χ2v) is 4.94. The number of carbonyl (C=O) groups is 1. The van der Waals surface area contributed by atoms with Crippen molar-refractivity contribution in [2.75, 3.05) is 0 Å². The molecule has 1 aromatic carbocycles. The van der Waals surface area contributed by atoms with Gasteiger partial charge in [0, 0.05) is 12.2 Å². The van der Waals surface area contributed by atoms with E-state index in [1.165, 1.54) is 11.1 Å². The fraction of sp³-hybridized carbons (Fsp3) is 0.312. The Balaban J connectivity index is 2.58. The van der Waals surface area contributed by atoms with Gasteiger partial charge in [0.2, 0.25) is 0 Å². The van der Waals surface area contributed by atoms with Crippen LogP contribution in [0.1, 0.15) is 35.0 Å². The molecule has 3 nitrogen and oxygen atoms in total. The van der Waals surface area contributed by atoms with Crippen LogP contribution >= 0.6 is 0 Å². The zero-order valence-corrected chi connectivity index (χ0v) is 11.6. The monoisotopic (exact) mass is 257 g/mol. The third kappa shape index (κ3) is 2.70. The lowest BCUT2D eigenvalue weighted by molar-refractivity contribution is 0.0685. The van der Waals surface area contributed by atoms with E-state index in [1.807, 2.05) is 10.6 Å². The summed E-state index contributed by atoms with van der Waals surface area (Å²) in [6.45, 7) is 6.89. The van der Waals surface area contributed by atoms with Gasteiger partial charge in [-0.25, -0.2) is 4.79 Å². The molecular weight excluding hydrogens is 238 g/mol. The maximum atomic E-state index is 11.3. The molecule has 100 valence electrons. The summed E-state index contributed by atoms with van der Waals surface area (Å²) >= 11 is 0. The molecule has 0 aliphatic heterocycles. The molecule has 0 aliphatic carbocycles. The molecule has 0 atom stereocenters. The van der Waals surface area contributed by atoms with Gasteiger partial charge in [0.1, 0.15) is 5.69 Å². The zero-order valence-electron chi connectivity index (χ0n) is 11.6. The third-order valence-electron chi connectivity index (χ3n) is 3.16. The van der Waals surface area contributed by atoms with E-state index in [-0.39, 0.29) is 0 Å². The Bertz CT molecular complexity index is 591. The number of carboxylic acid groups (broad SMARTS) is 1. The molecule has 2 aromatic rings. The van der Waals surface area contributed by atoms with Crippen LogP contribution in [0.15, 0.2) is 30.3 Å². The van der Waals surface area contributed by atoms with Crippen molar-refractivity contribution in [3.05, 3.63) is 47.2 Å². The lowest BCUT2D eigenvalue weighted by atomic mass is 10.1. The molecular formula is C16H19NO2. The van der Waals surface area contributed by atoms with E-state index in [9.17, 15) is 9.90 Å². The van der Waals surface area contributed by atoms with Crippen LogP contribution in [0, 0.1) is 13.8 Å². The van der Waals surface area contributed by atoms with Crippen molar-refractivity contribution in [1.29, 1.82) is 0 Å². The van der Waals surface area contributed by atoms with Crippen LogP contribution in [0.25, 0.3) is 11.3 Å². The van der Waals surface area contributed by atoms with E-state index in [0.29, 0.717) is 5.69 Å². The van der Waals surface area contributed by atoms with Crippen LogP contribution in [0.3, 0.4) is 0 Å². The van der Waals surface area contributed by atoms with Gasteiger partial charge in [-0.3, -0.25) is 0 Å². The second-order valence-electron chi connectivity index (χ2n) is 4.94. The summed E-state index contributed by atoms with van der Waals surface area (Å²) in [7, 11) is 0. The SMILES string of the molecule is CCCn1c(C(=O)O)ccc1-c1cc(C)cc(C)c1. The van der Waals surface area contributed by atoms with Crippen molar-refractivity contribution >= 4 is 5.97 Å². The standard InChI is InChI=1S/C16H19NO2/c1-4-7-17-14(5-6-15(17)16(18)19)13-9-11(2)8-12(3)10-13/h5-6,8-10H,4,7H2,1-3H3,(H,18,19). The first-order valence-corrected chi connectivity index (χ1v) is 6.54. The van der Waals surface area contributed by atoms with Crippen molar-refractivity contribution in [1.82, 2.24) is 4.57 Å². The topological polar surface area (TPSA) is 42.2 Å². The Morgan fingerprint density at radius 1 is 1.16 bits per heavy atom. The van der Waals surface area contributed by atoms with Crippen LogP contribution in [0.2, 0.25) is 0 Å². The smallest absolute Gasteiger partial charge is 0.352 e. The molecule has 0 bridgehead atoms. The summed E-state index contributed by atoms with van der Waals surface area (Å²) in [5.74, 6) is -0.871. The highest BCUT2D eigenvalue weighted by Crippen LogP contribution is 2.25. The van der Waals surface area contributed by atoms with Gasteiger partial charge in [0.15, 0.2) is 0 Å². The number of aromatic carboxylic acids is 1. The summed E-state index contributed by atoms with van der Waals surface area (Å²) in [5.41, 5.74) is 4.80. The average molecular weight is 257 g/mol. The largest absolute Gasteiger partial charge is 0.477 e. The van der Waals surface area contributed by atoms with Crippen molar-refractivity contribution in [3.8, 4) is 11.3 Å². The average Bonchev–Trinajstić information content (AvgIpc) is 2.72. The Morgan fingerprint density at radius 2 is 1.79 bits per heavy atom. The fourth-order valence-corrected chi connectivity index (χ4v) is 2.49. The first-order valence-electron chi connectivity index (χ1n) is 6.54. The van der Waals surface area contributed by atoms with Crippen LogP contribution in [0.5, 0.6) is 0 Å². The molecule has 3 heteroatoms. The minimum absolute atomic E-state index is 0.357. The van der Waals surface area contributed by atoms with Crippen LogP contribution in [-0.4, -0.2) is 15.6 Å². The van der Waals surface area contributed by atoms with Gasteiger partial charge in [-0.2, -0.15) is 0 Å². The summed E-state index contributed by atoms with van der Waals surface area (Å²) in [4.78, 5) is 11.3. The van der Waals surface area contributed by atoms with Gasteiger partial charge in [0.25, 0.3) is 0 Å². The third-order valence-corrected chi connectivity index (χ3v) is 3.16. The molecule has 0 aliphatic rings. The summed E-state index contributed by atoms with van der Waals surface area (Å²) < 4.78 is 1.89. The summed E-state index contributed by atoms with van der Waals surface area (Å²) in [6, 6.07) is 9.90. The van der Waals surface area contributed by atoms with Crippen LogP contribution in [0.4, 0.5) is 0 Å². The van der Waals surface area contributed by atoms with Gasteiger partial charge in [-0.1, -0.05) is 24.1 Å². The lowest BCUT2D eigenvalue weighted by Crippen LogP contribution is -2.09. The van der Waals surface area contributed by atoms with E-state index in [4.69, 9.17) is 0 Å². The predicted octanol–water partition coefficient (Wildman–Crippen LogP) is 3.88. The maximum Gasteiger partial charge on any atom is 0.352 e. The van der Waals surface area contributed by atoms with Gasteiger partial charge in [0.05, 0.1) is 0 Å². The number of carboxylic acids is 1. The molecule has 1 aromatic heterocycles. The Kier molecular flexibility index (Phi) is 3.74. The number of nitrogens with zero attached hydrogens (tertiary/aromatic N) is 1. The van der Waals surface area contributed by atoms with E-state index in [0.717, 1.165) is 24.2 Å². The minimum atomic E-state index is -0.871. The van der Waals surface area contributed by atoms with Crippen molar-refractivity contribution < 1.29 is 9.90 Å². The lowest BCUT2D eigenvalue weighted by Gasteiger charge is -2.12. The Morgan fingerprint density at radius 3 is 2.32 bits per heavy atom.